The van der Waals surface area contributed by atoms with Crippen molar-refractivity contribution in [2.24, 2.45) is 0 Å². The van der Waals surface area contributed by atoms with Crippen LogP contribution in [0.5, 0.6) is 0 Å². The van der Waals surface area contributed by atoms with Crippen molar-refractivity contribution in [2.75, 3.05) is 6.61 Å². The summed E-state index contributed by atoms with van der Waals surface area (Å²) in [5.41, 5.74) is 5.47. The van der Waals surface area contributed by atoms with E-state index in [1.165, 1.54) is 11.3 Å². The predicted molar refractivity (Wildman–Crippen MR) is 138 cm³/mol. The third-order valence-electron chi connectivity index (χ3n) is 6.13. The van der Waals surface area contributed by atoms with Crippen molar-refractivity contribution in [1.29, 1.82) is 0 Å². The third kappa shape index (κ3) is 4.94. The highest BCUT2D eigenvalue weighted by atomic mass is 35.5. The number of hydrogen-bond acceptors (Lipinski definition) is 4. The summed E-state index contributed by atoms with van der Waals surface area (Å²) in [5.74, 6) is -1.20. The van der Waals surface area contributed by atoms with Crippen molar-refractivity contribution in [1.82, 2.24) is 5.32 Å². The predicted octanol–water partition coefficient (Wildman–Crippen LogP) is 6.60. The quantitative estimate of drug-likeness (QED) is 0.298. The summed E-state index contributed by atoms with van der Waals surface area (Å²) in [6.45, 7) is 0.131. The maximum absolute atomic E-state index is 12.6. The lowest BCUT2D eigenvalue weighted by atomic mass is 9.98. The minimum atomic E-state index is -1.11. The molecule has 1 atom stereocenters. The van der Waals surface area contributed by atoms with E-state index in [0.29, 0.717) is 5.02 Å². The van der Waals surface area contributed by atoms with E-state index < -0.39 is 18.1 Å². The number of rotatable bonds is 7. The number of carboxylic acids is 1. The first-order chi connectivity index (χ1) is 17.0. The van der Waals surface area contributed by atoms with Crippen LogP contribution in [0, 0.1) is 0 Å². The average Bonchev–Trinajstić information content (AvgIpc) is 3.45. The fourth-order valence-electron chi connectivity index (χ4n) is 4.44. The molecule has 3 aromatic carbocycles. The van der Waals surface area contributed by atoms with Gasteiger partial charge in [-0.3, -0.25) is 0 Å². The molecule has 0 aliphatic heterocycles. The summed E-state index contributed by atoms with van der Waals surface area (Å²) in [6.07, 6.45) is -0.577. The molecule has 1 aliphatic carbocycles. The first kappa shape index (κ1) is 23.1. The molecule has 1 aromatic heterocycles. The Morgan fingerprint density at radius 3 is 2.17 bits per heavy atom. The number of carboxylic acid groups (broad SMARTS) is 1. The zero-order valence-electron chi connectivity index (χ0n) is 18.6. The van der Waals surface area contributed by atoms with Crippen LogP contribution in [0.25, 0.3) is 21.6 Å². The van der Waals surface area contributed by atoms with Gasteiger partial charge in [-0.2, -0.15) is 0 Å². The maximum atomic E-state index is 12.6. The number of ether oxygens (including phenoxy) is 1. The largest absolute Gasteiger partial charge is 0.480 e. The van der Waals surface area contributed by atoms with Crippen molar-refractivity contribution >= 4 is 35.0 Å². The molecule has 0 saturated carbocycles. The zero-order valence-corrected chi connectivity index (χ0v) is 20.2. The van der Waals surface area contributed by atoms with Crippen LogP contribution < -0.4 is 5.32 Å². The Hall–Kier alpha value is -3.61. The van der Waals surface area contributed by atoms with Gasteiger partial charge in [-0.15, -0.1) is 11.3 Å². The van der Waals surface area contributed by atoms with E-state index in [4.69, 9.17) is 16.3 Å². The molecule has 5 rings (SSSR count). The molecule has 2 N–H and O–H groups in total. The molecule has 4 aromatic rings. The SMILES string of the molecule is O=C(NC(Cc1ccc(-c2ccc(Cl)cc2)s1)C(=O)O)OCC1c2ccccc2-c2ccccc21. The topological polar surface area (TPSA) is 75.6 Å². The number of fused-ring (bicyclic) bond motifs is 3. The van der Waals surface area contributed by atoms with Gasteiger partial charge in [0, 0.05) is 27.1 Å². The highest BCUT2D eigenvalue weighted by Crippen LogP contribution is 2.44. The van der Waals surface area contributed by atoms with Crippen molar-refractivity contribution in [2.45, 2.75) is 18.4 Å². The molecule has 5 nitrogen and oxygen atoms in total. The molecule has 1 aliphatic rings. The summed E-state index contributed by atoms with van der Waals surface area (Å²) in [6, 6.07) is 26.3. The number of benzene rings is 3. The lowest BCUT2D eigenvalue weighted by molar-refractivity contribution is -0.139. The van der Waals surface area contributed by atoms with Crippen LogP contribution in [0.15, 0.2) is 84.9 Å². The third-order valence-corrected chi connectivity index (χ3v) is 7.54. The van der Waals surface area contributed by atoms with E-state index in [2.05, 4.69) is 17.4 Å². The fraction of sp³-hybridized carbons (Fsp3) is 0.143. The van der Waals surface area contributed by atoms with E-state index in [1.807, 2.05) is 72.8 Å². The van der Waals surface area contributed by atoms with Crippen LogP contribution >= 0.6 is 22.9 Å². The first-order valence-corrected chi connectivity index (χ1v) is 12.4. The van der Waals surface area contributed by atoms with Gasteiger partial charge in [-0.05, 0) is 52.1 Å². The minimum Gasteiger partial charge on any atom is -0.480 e. The molecule has 0 bridgehead atoms. The van der Waals surface area contributed by atoms with Crippen LogP contribution in [-0.2, 0) is 16.0 Å². The molecule has 0 spiro atoms. The van der Waals surface area contributed by atoms with Crippen molar-refractivity contribution in [3.63, 3.8) is 0 Å². The molecule has 1 unspecified atom stereocenters. The highest BCUT2D eigenvalue weighted by Gasteiger charge is 2.30. The van der Waals surface area contributed by atoms with Crippen LogP contribution in [-0.4, -0.2) is 29.8 Å². The number of nitrogens with one attached hydrogen (secondary N) is 1. The Labute approximate surface area is 212 Å². The minimum absolute atomic E-state index is 0.0874. The summed E-state index contributed by atoms with van der Waals surface area (Å²) in [5, 5.41) is 12.9. The maximum Gasteiger partial charge on any atom is 0.407 e. The highest BCUT2D eigenvalue weighted by molar-refractivity contribution is 7.15. The summed E-state index contributed by atoms with van der Waals surface area (Å²) in [7, 11) is 0. The Balaban J connectivity index is 1.23. The van der Waals surface area contributed by atoms with E-state index in [0.717, 1.165) is 37.6 Å². The van der Waals surface area contributed by atoms with Gasteiger partial charge in [0.15, 0.2) is 0 Å². The molecule has 0 fully saturated rings. The van der Waals surface area contributed by atoms with Gasteiger partial charge in [0.2, 0.25) is 0 Å². The molecule has 0 saturated heterocycles. The first-order valence-electron chi connectivity index (χ1n) is 11.2. The average molecular weight is 504 g/mol. The van der Waals surface area contributed by atoms with E-state index in [-0.39, 0.29) is 18.9 Å². The summed E-state index contributed by atoms with van der Waals surface area (Å²) in [4.78, 5) is 26.3. The van der Waals surface area contributed by atoms with E-state index in [1.54, 1.807) is 0 Å². The molecule has 1 amide bonds. The number of carbonyl (C=O) groups is 2. The Kier molecular flexibility index (Phi) is 6.57. The number of hydrogen-bond donors (Lipinski definition) is 2. The van der Waals surface area contributed by atoms with Crippen molar-refractivity contribution in [3.8, 4) is 21.6 Å². The van der Waals surface area contributed by atoms with Gasteiger partial charge in [-0.25, -0.2) is 9.59 Å². The zero-order chi connectivity index (χ0) is 24.4. The smallest absolute Gasteiger partial charge is 0.407 e. The standard InChI is InChI=1S/C28H22ClNO4S/c29-18-11-9-17(10-12-18)26-14-13-19(35-26)15-25(27(31)32)30-28(33)34-16-24-22-7-3-1-5-20(22)21-6-2-4-8-23(21)24/h1-14,24-25H,15-16H2,(H,30,33)(H,31,32). The fourth-order valence-corrected chi connectivity index (χ4v) is 5.63. The number of aliphatic carboxylic acids is 1. The van der Waals surface area contributed by atoms with Gasteiger partial charge in [-0.1, -0.05) is 72.3 Å². The van der Waals surface area contributed by atoms with Gasteiger partial charge >= 0.3 is 12.1 Å². The van der Waals surface area contributed by atoms with Gasteiger partial charge in [0.25, 0.3) is 0 Å². The molecular formula is C28H22ClNO4S. The van der Waals surface area contributed by atoms with Crippen molar-refractivity contribution in [3.05, 3.63) is 106 Å². The molecule has 35 heavy (non-hydrogen) atoms. The van der Waals surface area contributed by atoms with Gasteiger partial charge in [0.1, 0.15) is 12.6 Å². The van der Waals surface area contributed by atoms with Crippen LogP contribution in [0.4, 0.5) is 4.79 Å². The Morgan fingerprint density at radius 1 is 0.914 bits per heavy atom. The second kappa shape index (κ2) is 9.94. The molecule has 7 heteroatoms. The number of carbonyl (C=O) groups excluding carboxylic acids is 1. The monoisotopic (exact) mass is 503 g/mol. The second-order valence-electron chi connectivity index (χ2n) is 8.34. The number of halogens is 1. The number of alkyl carbamates (subject to hydrolysis) is 1. The number of amides is 1. The summed E-state index contributed by atoms with van der Waals surface area (Å²) >= 11 is 7.44. The Morgan fingerprint density at radius 2 is 1.54 bits per heavy atom. The van der Waals surface area contributed by atoms with E-state index >= 15 is 0 Å². The normalized spacial score (nSPS) is 13.1. The van der Waals surface area contributed by atoms with Crippen LogP contribution in [0.3, 0.4) is 0 Å². The lowest BCUT2D eigenvalue weighted by Crippen LogP contribution is -2.42. The Bertz CT molecular complexity index is 1340. The van der Waals surface area contributed by atoms with Gasteiger partial charge < -0.3 is 15.2 Å². The van der Waals surface area contributed by atoms with E-state index in [9.17, 15) is 14.7 Å². The molecular weight excluding hydrogens is 482 g/mol. The molecule has 1 heterocycles. The molecule has 0 radical (unpaired) electrons. The van der Waals surface area contributed by atoms with Crippen LogP contribution in [0.1, 0.15) is 21.9 Å². The lowest BCUT2D eigenvalue weighted by Gasteiger charge is -2.17. The van der Waals surface area contributed by atoms with Crippen LogP contribution in [0.2, 0.25) is 5.02 Å². The number of thiophene rings is 1. The second-order valence-corrected chi connectivity index (χ2v) is 9.94. The van der Waals surface area contributed by atoms with Crippen molar-refractivity contribution < 1.29 is 19.4 Å². The van der Waals surface area contributed by atoms with Gasteiger partial charge in [0.05, 0.1) is 0 Å². The summed E-state index contributed by atoms with van der Waals surface area (Å²) < 4.78 is 5.52. The molecule has 176 valence electrons.